The van der Waals surface area contributed by atoms with E-state index < -0.39 is 11.4 Å². The van der Waals surface area contributed by atoms with Crippen LogP contribution in [0, 0.1) is 5.41 Å². The van der Waals surface area contributed by atoms with Crippen molar-refractivity contribution in [1.82, 2.24) is 5.32 Å². The molecule has 2 rings (SSSR count). The SMILES string of the molecule is COC(=O)C1(C(=O)NCc2ccc(Br)s2)CCC1. The Bertz CT molecular complexity index is 468. The Labute approximate surface area is 118 Å². The maximum atomic E-state index is 12.1. The molecule has 4 nitrogen and oxygen atoms in total. The van der Waals surface area contributed by atoms with Crippen LogP contribution in [-0.4, -0.2) is 19.0 Å². The van der Waals surface area contributed by atoms with Crippen LogP contribution in [0.2, 0.25) is 0 Å². The fourth-order valence-electron chi connectivity index (χ4n) is 2.03. The first-order chi connectivity index (χ1) is 8.58. The van der Waals surface area contributed by atoms with Crippen molar-refractivity contribution in [3.63, 3.8) is 0 Å². The molecule has 0 spiro atoms. The Balaban J connectivity index is 1.96. The molecule has 0 aromatic carbocycles. The number of hydrogen-bond acceptors (Lipinski definition) is 4. The Morgan fingerprint density at radius 1 is 1.50 bits per heavy atom. The molecule has 1 aromatic rings. The minimum absolute atomic E-state index is 0.217. The zero-order chi connectivity index (χ0) is 13.2. The smallest absolute Gasteiger partial charge is 0.321 e. The molecular formula is C12H14BrNO3S. The molecule has 1 amide bonds. The van der Waals surface area contributed by atoms with Crippen LogP contribution in [0.5, 0.6) is 0 Å². The van der Waals surface area contributed by atoms with E-state index in [0.29, 0.717) is 19.4 Å². The molecule has 0 aliphatic heterocycles. The average Bonchev–Trinajstić information content (AvgIpc) is 2.70. The van der Waals surface area contributed by atoms with Crippen molar-refractivity contribution in [3.05, 3.63) is 20.8 Å². The molecule has 98 valence electrons. The Kier molecular flexibility index (Phi) is 4.07. The molecule has 0 saturated heterocycles. The number of nitrogens with one attached hydrogen (secondary N) is 1. The van der Waals surface area contributed by atoms with E-state index in [-0.39, 0.29) is 5.91 Å². The van der Waals surface area contributed by atoms with E-state index in [2.05, 4.69) is 21.2 Å². The van der Waals surface area contributed by atoms with Crippen molar-refractivity contribution >= 4 is 39.1 Å². The number of esters is 1. The van der Waals surface area contributed by atoms with Crippen molar-refractivity contribution in [2.75, 3.05) is 7.11 Å². The zero-order valence-corrected chi connectivity index (χ0v) is 12.4. The van der Waals surface area contributed by atoms with E-state index in [1.54, 1.807) is 11.3 Å². The Morgan fingerprint density at radius 2 is 2.22 bits per heavy atom. The van der Waals surface area contributed by atoms with Gasteiger partial charge in [0.25, 0.3) is 0 Å². The lowest BCUT2D eigenvalue weighted by molar-refractivity contribution is -0.165. The van der Waals surface area contributed by atoms with Crippen molar-refractivity contribution < 1.29 is 14.3 Å². The molecule has 0 atom stereocenters. The van der Waals surface area contributed by atoms with Crippen LogP contribution < -0.4 is 5.32 Å². The molecule has 1 saturated carbocycles. The fourth-order valence-corrected chi connectivity index (χ4v) is 3.46. The summed E-state index contributed by atoms with van der Waals surface area (Å²) in [4.78, 5) is 24.8. The molecule has 0 radical (unpaired) electrons. The van der Waals surface area contributed by atoms with Crippen LogP contribution in [0.25, 0.3) is 0 Å². The lowest BCUT2D eigenvalue weighted by atomic mass is 9.68. The highest BCUT2D eigenvalue weighted by Gasteiger charge is 2.51. The number of ether oxygens (including phenoxy) is 1. The second-order valence-electron chi connectivity index (χ2n) is 4.32. The third-order valence-electron chi connectivity index (χ3n) is 3.27. The van der Waals surface area contributed by atoms with E-state index in [1.165, 1.54) is 7.11 Å². The number of amides is 1. The van der Waals surface area contributed by atoms with Gasteiger partial charge in [-0.15, -0.1) is 11.3 Å². The number of methoxy groups -OCH3 is 1. The zero-order valence-electron chi connectivity index (χ0n) is 9.99. The summed E-state index contributed by atoms with van der Waals surface area (Å²) in [6.07, 6.45) is 2.06. The van der Waals surface area contributed by atoms with Crippen LogP contribution >= 0.6 is 27.3 Å². The number of carbonyl (C=O) groups is 2. The summed E-state index contributed by atoms with van der Waals surface area (Å²) in [6, 6.07) is 3.88. The second-order valence-corrected chi connectivity index (χ2v) is 6.86. The molecule has 1 N–H and O–H groups in total. The lowest BCUT2D eigenvalue weighted by Crippen LogP contribution is -2.51. The van der Waals surface area contributed by atoms with Crippen molar-refractivity contribution in [2.45, 2.75) is 25.8 Å². The monoisotopic (exact) mass is 331 g/mol. The molecule has 0 bridgehead atoms. The van der Waals surface area contributed by atoms with E-state index in [9.17, 15) is 9.59 Å². The summed E-state index contributed by atoms with van der Waals surface area (Å²) >= 11 is 4.94. The quantitative estimate of drug-likeness (QED) is 0.681. The molecule has 1 fully saturated rings. The number of thiophene rings is 1. The Hall–Kier alpha value is -0.880. The van der Waals surface area contributed by atoms with Gasteiger partial charge in [0.15, 0.2) is 0 Å². The lowest BCUT2D eigenvalue weighted by Gasteiger charge is -2.36. The van der Waals surface area contributed by atoms with Gasteiger partial charge < -0.3 is 10.1 Å². The summed E-state index contributed by atoms with van der Waals surface area (Å²) in [5.74, 6) is -0.635. The Morgan fingerprint density at radius 3 is 2.67 bits per heavy atom. The molecule has 0 unspecified atom stereocenters. The van der Waals surface area contributed by atoms with Crippen molar-refractivity contribution in [1.29, 1.82) is 0 Å². The first-order valence-electron chi connectivity index (χ1n) is 5.69. The second kappa shape index (κ2) is 5.40. The van der Waals surface area contributed by atoms with Crippen LogP contribution in [0.4, 0.5) is 0 Å². The highest BCUT2D eigenvalue weighted by Crippen LogP contribution is 2.42. The first kappa shape index (κ1) is 13.5. The molecule has 6 heteroatoms. The molecule has 1 aliphatic carbocycles. The summed E-state index contributed by atoms with van der Waals surface area (Å²) < 4.78 is 5.76. The summed E-state index contributed by atoms with van der Waals surface area (Å²) in [5.41, 5.74) is -0.941. The van der Waals surface area contributed by atoms with Gasteiger partial charge in [-0.2, -0.15) is 0 Å². The number of halogens is 1. The van der Waals surface area contributed by atoms with Gasteiger partial charge in [-0.05, 0) is 40.9 Å². The predicted molar refractivity (Wildman–Crippen MR) is 72.2 cm³/mol. The van der Waals surface area contributed by atoms with E-state index in [0.717, 1.165) is 15.1 Å². The van der Waals surface area contributed by atoms with Gasteiger partial charge in [-0.3, -0.25) is 9.59 Å². The predicted octanol–water partition coefficient (Wildman–Crippen LogP) is 2.47. The topological polar surface area (TPSA) is 55.4 Å². The standard InChI is InChI=1S/C12H14BrNO3S/c1-17-11(16)12(5-2-6-12)10(15)14-7-8-3-4-9(13)18-8/h3-4H,2,5-7H2,1H3,(H,14,15). The minimum atomic E-state index is -0.941. The van der Waals surface area contributed by atoms with E-state index in [1.807, 2.05) is 12.1 Å². The van der Waals surface area contributed by atoms with Crippen molar-refractivity contribution in [2.24, 2.45) is 5.41 Å². The third-order valence-corrected chi connectivity index (χ3v) is 4.89. The maximum absolute atomic E-state index is 12.1. The molecule has 1 aliphatic rings. The van der Waals surface area contributed by atoms with Crippen LogP contribution in [-0.2, 0) is 20.9 Å². The molecule has 1 aromatic heterocycles. The summed E-state index contributed by atoms with van der Waals surface area (Å²) in [5, 5.41) is 2.82. The van der Waals surface area contributed by atoms with Crippen molar-refractivity contribution in [3.8, 4) is 0 Å². The van der Waals surface area contributed by atoms with Gasteiger partial charge >= 0.3 is 5.97 Å². The van der Waals surface area contributed by atoms with Crippen LogP contribution in [0.15, 0.2) is 15.9 Å². The minimum Gasteiger partial charge on any atom is -0.468 e. The van der Waals surface area contributed by atoms with Gasteiger partial charge in [0, 0.05) is 4.88 Å². The number of hydrogen-bond donors (Lipinski definition) is 1. The molecule has 1 heterocycles. The molecular weight excluding hydrogens is 318 g/mol. The van der Waals surface area contributed by atoms with Crippen LogP contribution in [0.3, 0.4) is 0 Å². The van der Waals surface area contributed by atoms with Gasteiger partial charge in [-0.1, -0.05) is 6.42 Å². The largest absolute Gasteiger partial charge is 0.468 e. The fraction of sp³-hybridized carbons (Fsp3) is 0.500. The van der Waals surface area contributed by atoms with Gasteiger partial charge in [0.2, 0.25) is 5.91 Å². The van der Waals surface area contributed by atoms with Crippen LogP contribution in [0.1, 0.15) is 24.1 Å². The number of rotatable bonds is 4. The van der Waals surface area contributed by atoms with E-state index >= 15 is 0 Å². The first-order valence-corrected chi connectivity index (χ1v) is 7.30. The average molecular weight is 332 g/mol. The summed E-state index contributed by atoms with van der Waals surface area (Å²) in [7, 11) is 1.33. The van der Waals surface area contributed by atoms with Gasteiger partial charge in [0.1, 0.15) is 5.41 Å². The maximum Gasteiger partial charge on any atom is 0.321 e. The highest BCUT2D eigenvalue weighted by molar-refractivity contribution is 9.11. The van der Waals surface area contributed by atoms with E-state index in [4.69, 9.17) is 4.74 Å². The number of carbonyl (C=O) groups excluding carboxylic acids is 2. The summed E-state index contributed by atoms with van der Waals surface area (Å²) in [6.45, 7) is 0.452. The highest BCUT2D eigenvalue weighted by atomic mass is 79.9. The normalized spacial score (nSPS) is 16.8. The molecule has 18 heavy (non-hydrogen) atoms. The third kappa shape index (κ3) is 2.44. The van der Waals surface area contributed by atoms with Gasteiger partial charge in [-0.25, -0.2) is 0 Å². The van der Waals surface area contributed by atoms with Gasteiger partial charge in [0.05, 0.1) is 17.4 Å².